The number of hydrogen-bond donors (Lipinski definition) is 1. The predicted octanol–water partition coefficient (Wildman–Crippen LogP) is 2.51. The first-order valence-electron chi connectivity index (χ1n) is 4.93. The van der Waals surface area contributed by atoms with Gasteiger partial charge < -0.3 is 5.32 Å². The number of alkyl halides is 1. The van der Waals surface area contributed by atoms with Crippen molar-refractivity contribution in [3.63, 3.8) is 0 Å². The standard InChI is InChI=1S/C10H18ClNS/c11-5-1-2-6-12-9-10-3-7-13-8-4-10/h1-2,10,12H,3-9H2/b2-1+. The second-order valence-corrected chi connectivity index (χ2v) is 4.87. The Morgan fingerprint density at radius 1 is 1.31 bits per heavy atom. The van der Waals surface area contributed by atoms with E-state index in [2.05, 4.69) is 23.2 Å². The minimum atomic E-state index is 0.627. The molecular formula is C10H18ClNS. The van der Waals surface area contributed by atoms with Crippen molar-refractivity contribution < 1.29 is 0 Å². The van der Waals surface area contributed by atoms with Gasteiger partial charge in [0, 0.05) is 12.4 Å². The molecular weight excluding hydrogens is 202 g/mol. The van der Waals surface area contributed by atoms with Crippen molar-refractivity contribution >= 4 is 23.4 Å². The van der Waals surface area contributed by atoms with Gasteiger partial charge in [-0.2, -0.15) is 11.8 Å². The van der Waals surface area contributed by atoms with E-state index in [-0.39, 0.29) is 0 Å². The molecule has 1 fully saturated rings. The zero-order chi connectivity index (χ0) is 9.36. The fraction of sp³-hybridized carbons (Fsp3) is 0.800. The van der Waals surface area contributed by atoms with Gasteiger partial charge in [0.05, 0.1) is 0 Å². The molecule has 1 saturated heterocycles. The Kier molecular flexibility index (Phi) is 6.78. The molecule has 0 amide bonds. The van der Waals surface area contributed by atoms with E-state index < -0.39 is 0 Å². The van der Waals surface area contributed by atoms with Gasteiger partial charge in [-0.05, 0) is 36.8 Å². The van der Waals surface area contributed by atoms with E-state index in [1.54, 1.807) is 0 Å². The smallest absolute Gasteiger partial charge is 0.0404 e. The number of halogens is 1. The largest absolute Gasteiger partial charge is 0.313 e. The number of allylic oxidation sites excluding steroid dienone is 1. The van der Waals surface area contributed by atoms with E-state index in [9.17, 15) is 0 Å². The van der Waals surface area contributed by atoms with Gasteiger partial charge in [-0.1, -0.05) is 12.2 Å². The summed E-state index contributed by atoms with van der Waals surface area (Å²) in [6.07, 6.45) is 6.86. The number of hydrogen-bond acceptors (Lipinski definition) is 2. The van der Waals surface area contributed by atoms with Crippen LogP contribution in [0, 0.1) is 5.92 Å². The maximum Gasteiger partial charge on any atom is 0.0404 e. The normalized spacial score (nSPS) is 19.8. The lowest BCUT2D eigenvalue weighted by atomic mass is 10.0. The maximum atomic E-state index is 5.51. The van der Waals surface area contributed by atoms with Crippen LogP contribution in [0.25, 0.3) is 0 Å². The van der Waals surface area contributed by atoms with Gasteiger partial charge in [-0.25, -0.2) is 0 Å². The Balaban J connectivity index is 1.95. The van der Waals surface area contributed by atoms with E-state index in [0.717, 1.165) is 12.5 Å². The zero-order valence-corrected chi connectivity index (χ0v) is 9.54. The summed E-state index contributed by atoms with van der Waals surface area (Å²) in [7, 11) is 0. The average molecular weight is 220 g/mol. The minimum absolute atomic E-state index is 0.627. The Morgan fingerprint density at radius 2 is 2.08 bits per heavy atom. The Hall–Kier alpha value is 0.340. The van der Waals surface area contributed by atoms with Gasteiger partial charge in [0.25, 0.3) is 0 Å². The SMILES string of the molecule is ClC/C=C/CNCC1CCSCC1. The molecule has 0 radical (unpaired) electrons. The van der Waals surface area contributed by atoms with Crippen LogP contribution in [0.5, 0.6) is 0 Å². The molecule has 0 aromatic rings. The van der Waals surface area contributed by atoms with Gasteiger partial charge in [-0.3, -0.25) is 0 Å². The van der Waals surface area contributed by atoms with Crippen LogP contribution in [0.15, 0.2) is 12.2 Å². The second kappa shape index (κ2) is 7.72. The summed E-state index contributed by atoms with van der Waals surface area (Å²) in [4.78, 5) is 0. The van der Waals surface area contributed by atoms with Crippen LogP contribution in [-0.2, 0) is 0 Å². The van der Waals surface area contributed by atoms with Crippen LogP contribution in [0.4, 0.5) is 0 Å². The van der Waals surface area contributed by atoms with Gasteiger partial charge in [0.15, 0.2) is 0 Å². The third-order valence-corrected chi connectivity index (χ3v) is 3.52. The molecule has 0 bridgehead atoms. The summed E-state index contributed by atoms with van der Waals surface area (Å²) in [5.74, 6) is 4.24. The second-order valence-electron chi connectivity index (χ2n) is 3.34. The molecule has 0 atom stereocenters. The molecule has 1 nitrogen and oxygen atoms in total. The van der Waals surface area contributed by atoms with Crippen molar-refractivity contribution in [2.24, 2.45) is 5.92 Å². The fourth-order valence-electron chi connectivity index (χ4n) is 1.47. The number of nitrogens with one attached hydrogen (secondary N) is 1. The molecule has 0 aromatic carbocycles. The van der Waals surface area contributed by atoms with E-state index in [1.807, 2.05) is 6.08 Å². The van der Waals surface area contributed by atoms with Gasteiger partial charge >= 0.3 is 0 Å². The summed E-state index contributed by atoms with van der Waals surface area (Å²) in [5, 5.41) is 3.44. The van der Waals surface area contributed by atoms with Crippen molar-refractivity contribution in [2.45, 2.75) is 12.8 Å². The zero-order valence-electron chi connectivity index (χ0n) is 7.97. The molecule has 1 N–H and O–H groups in total. The molecule has 1 heterocycles. The summed E-state index contributed by atoms with van der Waals surface area (Å²) in [5.41, 5.74) is 0. The topological polar surface area (TPSA) is 12.0 Å². The van der Waals surface area contributed by atoms with Crippen molar-refractivity contribution in [2.75, 3.05) is 30.5 Å². The van der Waals surface area contributed by atoms with E-state index >= 15 is 0 Å². The predicted molar refractivity (Wildman–Crippen MR) is 62.8 cm³/mol. The van der Waals surface area contributed by atoms with Crippen LogP contribution in [0.1, 0.15) is 12.8 Å². The monoisotopic (exact) mass is 219 g/mol. The molecule has 76 valence electrons. The van der Waals surface area contributed by atoms with Gasteiger partial charge in [-0.15, -0.1) is 11.6 Å². The average Bonchev–Trinajstić information content (AvgIpc) is 2.19. The van der Waals surface area contributed by atoms with Crippen LogP contribution >= 0.6 is 23.4 Å². The van der Waals surface area contributed by atoms with Crippen LogP contribution in [0.3, 0.4) is 0 Å². The molecule has 0 unspecified atom stereocenters. The molecule has 0 aliphatic carbocycles. The number of thioether (sulfide) groups is 1. The lowest BCUT2D eigenvalue weighted by molar-refractivity contribution is 0.459. The Bertz CT molecular complexity index is 144. The summed E-state index contributed by atoms with van der Waals surface area (Å²) >= 11 is 7.60. The first kappa shape index (κ1) is 11.4. The quantitative estimate of drug-likeness (QED) is 0.433. The highest BCUT2D eigenvalue weighted by molar-refractivity contribution is 7.99. The molecule has 1 aliphatic rings. The summed E-state index contributed by atoms with van der Waals surface area (Å²) in [6.45, 7) is 2.14. The molecule has 13 heavy (non-hydrogen) atoms. The van der Waals surface area contributed by atoms with Crippen molar-refractivity contribution in [1.29, 1.82) is 0 Å². The summed E-state index contributed by atoms with van der Waals surface area (Å²) < 4.78 is 0. The molecule has 1 rings (SSSR count). The van der Waals surface area contributed by atoms with Crippen LogP contribution in [0.2, 0.25) is 0 Å². The van der Waals surface area contributed by atoms with Crippen molar-refractivity contribution in [3.8, 4) is 0 Å². The third kappa shape index (κ3) is 5.61. The fourth-order valence-corrected chi connectivity index (χ4v) is 2.80. The third-order valence-electron chi connectivity index (χ3n) is 2.29. The lowest BCUT2D eigenvalue weighted by Gasteiger charge is -2.21. The Morgan fingerprint density at radius 3 is 2.77 bits per heavy atom. The van der Waals surface area contributed by atoms with Crippen molar-refractivity contribution in [3.05, 3.63) is 12.2 Å². The van der Waals surface area contributed by atoms with Crippen LogP contribution < -0.4 is 5.32 Å². The maximum absolute atomic E-state index is 5.51. The molecule has 0 spiro atoms. The van der Waals surface area contributed by atoms with E-state index in [0.29, 0.717) is 5.88 Å². The van der Waals surface area contributed by atoms with Crippen LogP contribution in [-0.4, -0.2) is 30.5 Å². The van der Waals surface area contributed by atoms with Crippen molar-refractivity contribution in [1.82, 2.24) is 5.32 Å². The summed E-state index contributed by atoms with van der Waals surface area (Å²) in [6, 6.07) is 0. The van der Waals surface area contributed by atoms with Gasteiger partial charge in [0.2, 0.25) is 0 Å². The highest BCUT2D eigenvalue weighted by Gasteiger charge is 2.12. The minimum Gasteiger partial charge on any atom is -0.313 e. The number of rotatable bonds is 5. The van der Waals surface area contributed by atoms with E-state index in [1.165, 1.54) is 30.9 Å². The molecule has 1 aliphatic heterocycles. The highest BCUT2D eigenvalue weighted by Crippen LogP contribution is 2.21. The molecule has 3 heteroatoms. The highest BCUT2D eigenvalue weighted by atomic mass is 35.5. The van der Waals surface area contributed by atoms with Gasteiger partial charge in [0.1, 0.15) is 0 Å². The lowest BCUT2D eigenvalue weighted by Crippen LogP contribution is -2.25. The first-order chi connectivity index (χ1) is 6.43. The van der Waals surface area contributed by atoms with E-state index in [4.69, 9.17) is 11.6 Å². The molecule has 0 aromatic heterocycles. The molecule has 0 saturated carbocycles. The Labute approximate surface area is 90.3 Å². The first-order valence-corrected chi connectivity index (χ1v) is 6.62.